The maximum Gasteiger partial charge on any atom is 0.251 e. The Morgan fingerprint density at radius 1 is 1.22 bits per heavy atom. The van der Waals surface area contributed by atoms with Crippen LogP contribution >= 0.6 is 0 Å². The number of rotatable bonds is 5. The minimum absolute atomic E-state index is 0.117. The van der Waals surface area contributed by atoms with Crippen LogP contribution in [0.25, 0.3) is 10.9 Å². The van der Waals surface area contributed by atoms with Crippen molar-refractivity contribution in [1.29, 1.82) is 0 Å². The molecule has 1 aromatic heterocycles. The fourth-order valence-electron chi connectivity index (χ4n) is 2.83. The van der Waals surface area contributed by atoms with Crippen molar-refractivity contribution < 1.29 is 14.6 Å². The predicted octanol–water partition coefficient (Wildman–Crippen LogP) is 3.42. The zero-order valence-corrected chi connectivity index (χ0v) is 15.6. The van der Waals surface area contributed by atoms with Gasteiger partial charge in [0.1, 0.15) is 18.1 Å². The number of hydrogen-bond acceptors (Lipinski definition) is 5. The molecular weight excluding hydrogens is 342 g/mol. The third-order valence-electron chi connectivity index (χ3n) is 4.12. The van der Waals surface area contributed by atoms with Gasteiger partial charge in [0.15, 0.2) is 0 Å². The Labute approximate surface area is 158 Å². The van der Waals surface area contributed by atoms with Gasteiger partial charge in [-0.25, -0.2) is 0 Å². The van der Waals surface area contributed by atoms with Crippen LogP contribution in [0, 0.1) is 6.92 Å². The number of nitrogens with zero attached hydrogens (tertiary/aromatic N) is 1. The van der Waals surface area contributed by atoms with Crippen molar-refractivity contribution >= 4 is 22.5 Å². The zero-order chi connectivity index (χ0) is 19.6. The molecule has 0 unspecified atom stereocenters. The number of phenolic OH excluding ortho intramolecular Hbond substituents is 1. The molecule has 3 rings (SSSR count). The lowest BCUT2D eigenvalue weighted by Gasteiger charge is -2.27. The summed E-state index contributed by atoms with van der Waals surface area (Å²) in [5.74, 6) is 0.509. The molecule has 0 radical (unpaired) electrons. The van der Waals surface area contributed by atoms with Crippen molar-refractivity contribution in [1.82, 2.24) is 10.3 Å². The van der Waals surface area contributed by atoms with Crippen LogP contribution in [0.15, 0.2) is 48.5 Å². The summed E-state index contributed by atoms with van der Waals surface area (Å²) in [6.45, 7) is 5.90. The van der Waals surface area contributed by atoms with Gasteiger partial charge in [0, 0.05) is 16.9 Å². The first-order valence-corrected chi connectivity index (χ1v) is 8.65. The Bertz CT molecular complexity index is 982. The van der Waals surface area contributed by atoms with E-state index in [9.17, 15) is 9.90 Å². The number of benzene rings is 2. The molecule has 1 amide bonds. The number of carbonyl (C=O) groups is 1. The molecule has 1 heterocycles. The van der Waals surface area contributed by atoms with Gasteiger partial charge >= 0.3 is 0 Å². The zero-order valence-electron chi connectivity index (χ0n) is 15.6. The maximum atomic E-state index is 12.4. The van der Waals surface area contributed by atoms with Crippen LogP contribution < -0.4 is 15.8 Å². The van der Waals surface area contributed by atoms with Crippen LogP contribution in [0.3, 0.4) is 0 Å². The van der Waals surface area contributed by atoms with E-state index < -0.39 is 5.54 Å². The predicted molar refractivity (Wildman–Crippen MR) is 106 cm³/mol. The lowest BCUT2D eigenvalue weighted by atomic mass is 10.1. The molecule has 0 aliphatic rings. The summed E-state index contributed by atoms with van der Waals surface area (Å²) < 4.78 is 5.99. The SMILES string of the molecule is Cc1cc(N)c2c(OCC(C)(C)NC(=O)c3ccc(O)cc3)cccc2n1. The summed E-state index contributed by atoms with van der Waals surface area (Å²) in [6.07, 6.45) is 0. The van der Waals surface area contributed by atoms with Crippen molar-refractivity contribution in [2.75, 3.05) is 12.3 Å². The summed E-state index contributed by atoms with van der Waals surface area (Å²) in [5, 5.41) is 13.0. The molecule has 27 heavy (non-hydrogen) atoms. The molecular formula is C21H23N3O3. The molecule has 0 spiro atoms. The fourth-order valence-corrected chi connectivity index (χ4v) is 2.83. The third-order valence-corrected chi connectivity index (χ3v) is 4.12. The van der Waals surface area contributed by atoms with E-state index in [4.69, 9.17) is 10.5 Å². The number of anilines is 1. The van der Waals surface area contributed by atoms with Crippen molar-refractivity contribution in [3.05, 3.63) is 59.8 Å². The summed E-state index contributed by atoms with van der Waals surface area (Å²) in [6, 6.07) is 13.5. The summed E-state index contributed by atoms with van der Waals surface area (Å²) >= 11 is 0. The number of amides is 1. The number of carbonyl (C=O) groups excluding carboxylic acids is 1. The number of pyridine rings is 1. The minimum atomic E-state index is -0.621. The Morgan fingerprint density at radius 2 is 1.93 bits per heavy atom. The van der Waals surface area contributed by atoms with Crippen LogP contribution in [0.4, 0.5) is 5.69 Å². The molecule has 3 aromatic rings. The highest BCUT2D eigenvalue weighted by atomic mass is 16.5. The first kappa shape index (κ1) is 18.5. The molecule has 6 heteroatoms. The molecule has 0 aliphatic heterocycles. The third kappa shape index (κ3) is 4.28. The van der Waals surface area contributed by atoms with E-state index in [1.165, 1.54) is 12.1 Å². The monoisotopic (exact) mass is 365 g/mol. The van der Waals surface area contributed by atoms with Gasteiger partial charge < -0.3 is 20.9 Å². The Kier molecular flexibility index (Phi) is 4.90. The van der Waals surface area contributed by atoms with Crippen molar-refractivity contribution in [3.63, 3.8) is 0 Å². The first-order valence-electron chi connectivity index (χ1n) is 8.65. The standard InChI is InChI=1S/C21H23N3O3/c1-13-11-16(22)19-17(23-13)5-4-6-18(19)27-12-21(2,3)24-20(26)14-7-9-15(25)10-8-14/h4-11,25H,12H2,1-3H3,(H2,22,23)(H,24,26). The molecule has 0 bridgehead atoms. The van der Waals surface area contributed by atoms with Gasteiger partial charge in [-0.05, 0) is 63.2 Å². The number of nitrogens with two attached hydrogens (primary N) is 1. The molecule has 0 saturated carbocycles. The summed E-state index contributed by atoms with van der Waals surface area (Å²) in [4.78, 5) is 16.9. The summed E-state index contributed by atoms with van der Waals surface area (Å²) in [5.41, 5.74) is 8.23. The summed E-state index contributed by atoms with van der Waals surface area (Å²) in [7, 11) is 0. The van der Waals surface area contributed by atoms with Crippen LogP contribution in [-0.4, -0.2) is 28.1 Å². The van der Waals surface area contributed by atoms with Crippen molar-refractivity contribution in [3.8, 4) is 11.5 Å². The average Bonchev–Trinajstić information content (AvgIpc) is 2.59. The molecule has 4 N–H and O–H groups in total. The first-order chi connectivity index (χ1) is 12.7. The van der Waals surface area contributed by atoms with Crippen LogP contribution in [0.5, 0.6) is 11.5 Å². The van der Waals surface area contributed by atoms with E-state index in [1.54, 1.807) is 12.1 Å². The maximum absolute atomic E-state index is 12.4. The topological polar surface area (TPSA) is 97.5 Å². The average molecular weight is 365 g/mol. The molecule has 140 valence electrons. The van der Waals surface area contributed by atoms with E-state index in [0.29, 0.717) is 17.0 Å². The number of nitrogen functional groups attached to an aromatic ring is 1. The second kappa shape index (κ2) is 7.15. The largest absolute Gasteiger partial charge is 0.508 e. The van der Waals surface area contributed by atoms with Gasteiger partial charge in [0.2, 0.25) is 0 Å². The molecule has 2 aromatic carbocycles. The molecule has 0 fully saturated rings. The molecule has 0 atom stereocenters. The fraction of sp³-hybridized carbons (Fsp3) is 0.238. The van der Waals surface area contributed by atoms with Gasteiger partial charge in [-0.3, -0.25) is 9.78 Å². The highest BCUT2D eigenvalue weighted by Crippen LogP contribution is 2.30. The lowest BCUT2D eigenvalue weighted by molar-refractivity contribution is 0.0881. The molecule has 0 saturated heterocycles. The van der Waals surface area contributed by atoms with Gasteiger partial charge in [-0.1, -0.05) is 6.07 Å². The minimum Gasteiger partial charge on any atom is -0.508 e. The van der Waals surface area contributed by atoms with Gasteiger partial charge in [0.05, 0.1) is 16.4 Å². The second-order valence-electron chi connectivity index (χ2n) is 7.18. The van der Waals surface area contributed by atoms with E-state index in [-0.39, 0.29) is 18.3 Å². The molecule has 0 aliphatic carbocycles. The quantitative estimate of drug-likeness (QED) is 0.644. The van der Waals surface area contributed by atoms with Crippen LogP contribution in [-0.2, 0) is 0 Å². The number of hydrogen-bond donors (Lipinski definition) is 3. The molecule has 6 nitrogen and oxygen atoms in total. The highest BCUT2D eigenvalue weighted by molar-refractivity contribution is 5.96. The Morgan fingerprint density at radius 3 is 2.63 bits per heavy atom. The second-order valence-corrected chi connectivity index (χ2v) is 7.18. The number of nitrogens with one attached hydrogen (secondary N) is 1. The number of aromatic hydroxyl groups is 1. The Hall–Kier alpha value is -3.28. The number of ether oxygens (including phenoxy) is 1. The van der Waals surface area contributed by atoms with Crippen molar-refractivity contribution in [2.24, 2.45) is 0 Å². The van der Waals surface area contributed by atoms with E-state index in [0.717, 1.165) is 16.6 Å². The lowest BCUT2D eigenvalue weighted by Crippen LogP contribution is -2.47. The van der Waals surface area contributed by atoms with E-state index in [1.807, 2.05) is 45.0 Å². The van der Waals surface area contributed by atoms with E-state index in [2.05, 4.69) is 10.3 Å². The van der Waals surface area contributed by atoms with Crippen molar-refractivity contribution in [2.45, 2.75) is 26.3 Å². The Balaban J connectivity index is 1.74. The number of phenols is 1. The van der Waals surface area contributed by atoms with Gasteiger partial charge in [-0.15, -0.1) is 0 Å². The van der Waals surface area contributed by atoms with Crippen LogP contribution in [0.2, 0.25) is 0 Å². The number of aryl methyl sites for hydroxylation is 1. The number of aromatic nitrogens is 1. The normalized spacial score (nSPS) is 11.4. The van der Waals surface area contributed by atoms with Gasteiger partial charge in [-0.2, -0.15) is 0 Å². The number of fused-ring (bicyclic) bond motifs is 1. The smallest absolute Gasteiger partial charge is 0.251 e. The van der Waals surface area contributed by atoms with Gasteiger partial charge in [0.25, 0.3) is 5.91 Å². The highest BCUT2D eigenvalue weighted by Gasteiger charge is 2.23. The van der Waals surface area contributed by atoms with Crippen LogP contribution in [0.1, 0.15) is 29.9 Å². The van der Waals surface area contributed by atoms with E-state index >= 15 is 0 Å².